The summed E-state index contributed by atoms with van der Waals surface area (Å²) in [6.07, 6.45) is 1.34. The predicted octanol–water partition coefficient (Wildman–Crippen LogP) is 5.55. The van der Waals surface area contributed by atoms with Crippen molar-refractivity contribution in [1.82, 2.24) is 5.32 Å². The van der Waals surface area contributed by atoms with Gasteiger partial charge in [-0.3, -0.25) is 4.79 Å². The minimum absolute atomic E-state index is 0.262. The first kappa shape index (κ1) is 23.4. The number of carboxylic acid groups (broad SMARTS) is 1. The van der Waals surface area contributed by atoms with Crippen LogP contribution < -0.4 is 14.8 Å². The average molecular weight is 517 g/mol. The Kier molecular flexibility index (Phi) is 7.92. The van der Waals surface area contributed by atoms with Crippen molar-refractivity contribution >= 4 is 45.5 Å². The number of nitrogens with one attached hydrogen (secondary N) is 1. The van der Waals surface area contributed by atoms with E-state index in [9.17, 15) is 14.7 Å². The van der Waals surface area contributed by atoms with Gasteiger partial charge in [0.2, 0.25) is 0 Å². The first-order valence-electron chi connectivity index (χ1n) is 9.43. The number of aliphatic carboxylic acids is 1. The molecule has 0 heterocycles. The minimum Gasteiger partial charge on any atom is -0.493 e. The first-order chi connectivity index (χ1) is 15.4. The fraction of sp³-hybridized carbons (Fsp3) is 0.0833. The number of carboxylic acids is 1. The molecule has 3 aromatic carbocycles. The fourth-order valence-electron chi connectivity index (χ4n) is 2.85. The van der Waals surface area contributed by atoms with Crippen LogP contribution in [0.1, 0.15) is 21.5 Å². The SMILES string of the molecule is COc1cc(C=C(NC(=O)c2ccccc2)C(=O)O)cc(Br)c1OCc1cccc(Cl)c1. The van der Waals surface area contributed by atoms with Crippen LogP contribution in [0.15, 0.2) is 76.9 Å². The topological polar surface area (TPSA) is 84.9 Å². The molecule has 164 valence electrons. The van der Waals surface area contributed by atoms with Gasteiger partial charge in [-0.25, -0.2) is 4.79 Å². The van der Waals surface area contributed by atoms with Gasteiger partial charge in [0.15, 0.2) is 11.5 Å². The molecular weight excluding hydrogens is 498 g/mol. The third kappa shape index (κ3) is 6.12. The maximum Gasteiger partial charge on any atom is 0.352 e. The number of hydrogen-bond acceptors (Lipinski definition) is 4. The highest BCUT2D eigenvalue weighted by molar-refractivity contribution is 9.10. The summed E-state index contributed by atoms with van der Waals surface area (Å²) in [5.41, 5.74) is 1.45. The van der Waals surface area contributed by atoms with Gasteiger partial charge in [0.1, 0.15) is 12.3 Å². The van der Waals surface area contributed by atoms with Gasteiger partial charge in [0, 0.05) is 10.6 Å². The number of carbonyl (C=O) groups excluding carboxylic acids is 1. The molecule has 0 unspecified atom stereocenters. The standard InChI is InChI=1S/C24H19BrClNO5/c1-31-21-13-16(11-19(25)22(21)32-14-15-6-5-9-18(26)10-15)12-20(24(29)30)27-23(28)17-7-3-2-4-8-17/h2-13H,14H2,1H3,(H,27,28)(H,29,30). The van der Waals surface area contributed by atoms with Gasteiger partial charge in [-0.2, -0.15) is 0 Å². The van der Waals surface area contributed by atoms with Crippen LogP contribution in [-0.2, 0) is 11.4 Å². The van der Waals surface area contributed by atoms with Crippen LogP contribution in [0.2, 0.25) is 5.02 Å². The van der Waals surface area contributed by atoms with E-state index < -0.39 is 11.9 Å². The highest BCUT2D eigenvalue weighted by Gasteiger charge is 2.16. The van der Waals surface area contributed by atoms with E-state index in [1.54, 1.807) is 54.6 Å². The second-order valence-electron chi connectivity index (χ2n) is 6.64. The molecule has 8 heteroatoms. The Morgan fingerprint density at radius 2 is 1.84 bits per heavy atom. The predicted molar refractivity (Wildman–Crippen MR) is 126 cm³/mol. The van der Waals surface area contributed by atoms with Crippen LogP contribution in [0, 0.1) is 0 Å². The number of halogens is 2. The molecule has 2 N–H and O–H groups in total. The van der Waals surface area contributed by atoms with Gasteiger partial charge in [-0.1, -0.05) is 41.9 Å². The zero-order valence-electron chi connectivity index (χ0n) is 17.0. The summed E-state index contributed by atoms with van der Waals surface area (Å²) in [6.45, 7) is 0.262. The molecule has 0 atom stereocenters. The summed E-state index contributed by atoms with van der Waals surface area (Å²) >= 11 is 9.46. The molecule has 0 radical (unpaired) electrons. The van der Waals surface area contributed by atoms with Crippen molar-refractivity contribution in [3.63, 3.8) is 0 Å². The normalized spacial score (nSPS) is 11.0. The van der Waals surface area contributed by atoms with Gasteiger partial charge in [-0.15, -0.1) is 0 Å². The van der Waals surface area contributed by atoms with E-state index in [-0.39, 0.29) is 12.3 Å². The van der Waals surface area contributed by atoms with Gasteiger partial charge in [-0.05, 0) is 69.5 Å². The van der Waals surface area contributed by atoms with Crippen molar-refractivity contribution in [2.45, 2.75) is 6.61 Å². The Bertz CT molecular complexity index is 1160. The molecule has 0 spiro atoms. The Hall–Kier alpha value is -3.29. The van der Waals surface area contributed by atoms with E-state index in [0.717, 1.165) is 5.56 Å². The van der Waals surface area contributed by atoms with Crippen molar-refractivity contribution < 1.29 is 24.2 Å². The molecule has 1 amide bonds. The Morgan fingerprint density at radius 1 is 1.09 bits per heavy atom. The van der Waals surface area contributed by atoms with Crippen LogP contribution in [0.4, 0.5) is 0 Å². The lowest BCUT2D eigenvalue weighted by atomic mass is 10.1. The van der Waals surface area contributed by atoms with E-state index in [1.165, 1.54) is 13.2 Å². The number of ether oxygens (including phenoxy) is 2. The Labute approximate surface area is 198 Å². The third-order valence-electron chi connectivity index (χ3n) is 4.35. The number of rotatable bonds is 8. The molecular formula is C24H19BrClNO5. The van der Waals surface area contributed by atoms with Gasteiger partial charge in [0.25, 0.3) is 5.91 Å². The summed E-state index contributed by atoms with van der Waals surface area (Å²) in [5.74, 6) is -0.945. The number of amides is 1. The number of methoxy groups -OCH3 is 1. The summed E-state index contributed by atoms with van der Waals surface area (Å²) in [6, 6.07) is 18.9. The maximum atomic E-state index is 12.4. The quantitative estimate of drug-likeness (QED) is 0.384. The third-order valence-corrected chi connectivity index (χ3v) is 5.17. The lowest BCUT2D eigenvalue weighted by molar-refractivity contribution is -0.132. The van der Waals surface area contributed by atoms with Crippen LogP contribution >= 0.6 is 27.5 Å². The Morgan fingerprint density at radius 3 is 2.50 bits per heavy atom. The van der Waals surface area contributed by atoms with E-state index in [1.807, 2.05) is 12.1 Å². The van der Waals surface area contributed by atoms with Gasteiger partial charge in [0.05, 0.1) is 11.6 Å². The maximum absolute atomic E-state index is 12.4. The average Bonchev–Trinajstić information content (AvgIpc) is 2.78. The van der Waals surface area contributed by atoms with Crippen molar-refractivity contribution in [3.05, 3.63) is 98.6 Å². The summed E-state index contributed by atoms with van der Waals surface area (Å²) < 4.78 is 11.9. The van der Waals surface area contributed by atoms with E-state index in [0.29, 0.717) is 32.1 Å². The molecule has 0 aliphatic heterocycles. The largest absolute Gasteiger partial charge is 0.493 e. The molecule has 0 saturated heterocycles. The number of hydrogen-bond donors (Lipinski definition) is 2. The van der Waals surface area contributed by atoms with Crippen molar-refractivity contribution in [3.8, 4) is 11.5 Å². The van der Waals surface area contributed by atoms with Crippen LogP contribution in [-0.4, -0.2) is 24.1 Å². The zero-order chi connectivity index (χ0) is 23.1. The van der Waals surface area contributed by atoms with Gasteiger partial charge >= 0.3 is 5.97 Å². The highest BCUT2D eigenvalue weighted by Crippen LogP contribution is 2.37. The molecule has 0 aromatic heterocycles. The molecule has 3 aromatic rings. The molecule has 0 aliphatic rings. The summed E-state index contributed by atoms with van der Waals surface area (Å²) in [7, 11) is 1.48. The first-order valence-corrected chi connectivity index (χ1v) is 10.6. The van der Waals surface area contributed by atoms with Crippen LogP contribution in [0.25, 0.3) is 6.08 Å². The Balaban J connectivity index is 1.84. The smallest absolute Gasteiger partial charge is 0.352 e. The summed E-state index contributed by atoms with van der Waals surface area (Å²) in [5, 5.41) is 12.6. The molecule has 6 nitrogen and oxygen atoms in total. The van der Waals surface area contributed by atoms with Crippen LogP contribution in [0.5, 0.6) is 11.5 Å². The molecule has 0 bridgehead atoms. The second kappa shape index (κ2) is 10.8. The van der Waals surface area contributed by atoms with Crippen molar-refractivity contribution in [2.24, 2.45) is 0 Å². The van der Waals surface area contributed by atoms with Crippen molar-refractivity contribution in [2.75, 3.05) is 7.11 Å². The van der Waals surface area contributed by atoms with E-state index in [2.05, 4.69) is 21.2 Å². The summed E-state index contributed by atoms with van der Waals surface area (Å²) in [4.78, 5) is 24.1. The monoisotopic (exact) mass is 515 g/mol. The molecule has 0 fully saturated rings. The molecule has 0 saturated carbocycles. The highest BCUT2D eigenvalue weighted by atomic mass is 79.9. The molecule has 32 heavy (non-hydrogen) atoms. The van der Waals surface area contributed by atoms with Crippen LogP contribution in [0.3, 0.4) is 0 Å². The zero-order valence-corrected chi connectivity index (χ0v) is 19.3. The minimum atomic E-state index is -1.27. The van der Waals surface area contributed by atoms with Gasteiger partial charge < -0.3 is 19.9 Å². The number of benzene rings is 3. The lowest BCUT2D eigenvalue weighted by Gasteiger charge is -2.14. The van der Waals surface area contributed by atoms with Crippen molar-refractivity contribution in [1.29, 1.82) is 0 Å². The van der Waals surface area contributed by atoms with E-state index >= 15 is 0 Å². The van der Waals surface area contributed by atoms with E-state index in [4.69, 9.17) is 21.1 Å². The number of carbonyl (C=O) groups is 2. The second-order valence-corrected chi connectivity index (χ2v) is 7.93. The molecule has 0 aliphatic carbocycles. The fourth-order valence-corrected chi connectivity index (χ4v) is 3.63. The lowest BCUT2D eigenvalue weighted by Crippen LogP contribution is -2.27. The molecule has 3 rings (SSSR count).